The molecule has 0 aliphatic heterocycles. The van der Waals surface area contributed by atoms with Crippen LogP contribution in [-0.4, -0.2) is 42.1 Å². The van der Waals surface area contributed by atoms with E-state index in [1.165, 1.54) is 0 Å². The summed E-state index contributed by atoms with van der Waals surface area (Å²) < 4.78 is 0. The lowest BCUT2D eigenvalue weighted by atomic mass is 9.69. The van der Waals surface area contributed by atoms with Crippen molar-refractivity contribution in [3.63, 3.8) is 0 Å². The first-order valence-electron chi connectivity index (χ1n) is 6.60. The van der Waals surface area contributed by atoms with E-state index in [0.29, 0.717) is 25.3 Å². The van der Waals surface area contributed by atoms with Crippen LogP contribution < -0.4 is 5.32 Å². The van der Waals surface area contributed by atoms with Crippen LogP contribution in [0.25, 0.3) is 0 Å². The fraction of sp³-hybridized carbons (Fsp3) is 0.846. The van der Waals surface area contributed by atoms with Crippen LogP contribution in [0.3, 0.4) is 0 Å². The molecule has 0 saturated heterocycles. The highest BCUT2D eigenvalue weighted by molar-refractivity contribution is 5.78. The van der Waals surface area contributed by atoms with Crippen LogP contribution in [0, 0.1) is 11.3 Å². The third kappa shape index (κ3) is 3.62. The lowest BCUT2D eigenvalue weighted by Gasteiger charge is -2.38. The van der Waals surface area contributed by atoms with Gasteiger partial charge < -0.3 is 15.3 Å². The number of carbonyl (C=O) groups is 2. The van der Waals surface area contributed by atoms with Crippen LogP contribution in [0.15, 0.2) is 0 Å². The van der Waals surface area contributed by atoms with Gasteiger partial charge in [0.05, 0.1) is 5.41 Å². The molecule has 0 bridgehead atoms. The lowest BCUT2D eigenvalue weighted by molar-refractivity contribution is -0.153. The van der Waals surface area contributed by atoms with Crippen LogP contribution in [0.2, 0.25) is 0 Å². The average molecular weight is 256 g/mol. The van der Waals surface area contributed by atoms with Crippen molar-refractivity contribution in [1.29, 1.82) is 0 Å². The van der Waals surface area contributed by atoms with Gasteiger partial charge in [-0.1, -0.05) is 20.3 Å². The van der Waals surface area contributed by atoms with Crippen molar-refractivity contribution >= 4 is 12.0 Å². The number of hydrogen-bond donors (Lipinski definition) is 2. The first-order valence-corrected chi connectivity index (χ1v) is 6.60. The molecule has 1 aliphatic rings. The van der Waals surface area contributed by atoms with Gasteiger partial charge in [0.1, 0.15) is 0 Å². The highest BCUT2D eigenvalue weighted by Gasteiger charge is 2.44. The summed E-state index contributed by atoms with van der Waals surface area (Å²) in [6.45, 7) is 5.16. The van der Waals surface area contributed by atoms with Gasteiger partial charge >= 0.3 is 12.0 Å². The number of carboxylic acid groups (broad SMARTS) is 1. The minimum atomic E-state index is -0.793. The molecule has 0 aromatic rings. The number of hydrogen-bond acceptors (Lipinski definition) is 2. The van der Waals surface area contributed by atoms with Crippen molar-refractivity contribution in [3.8, 4) is 0 Å². The van der Waals surface area contributed by atoms with E-state index < -0.39 is 11.4 Å². The second-order valence-electron chi connectivity index (χ2n) is 5.70. The third-order valence-electron chi connectivity index (χ3n) is 3.73. The number of carboxylic acids is 1. The first-order chi connectivity index (χ1) is 8.37. The summed E-state index contributed by atoms with van der Waals surface area (Å²) in [5.74, 6) is -0.240. The van der Waals surface area contributed by atoms with Crippen molar-refractivity contribution in [2.45, 2.75) is 39.5 Å². The fourth-order valence-electron chi connectivity index (χ4n) is 2.00. The number of amides is 2. The van der Waals surface area contributed by atoms with E-state index in [0.717, 1.165) is 12.8 Å². The molecule has 0 spiro atoms. The monoisotopic (exact) mass is 256 g/mol. The number of rotatable bonds is 6. The van der Waals surface area contributed by atoms with E-state index in [1.54, 1.807) is 11.9 Å². The van der Waals surface area contributed by atoms with E-state index in [-0.39, 0.29) is 12.6 Å². The maximum atomic E-state index is 11.8. The van der Waals surface area contributed by atoms with Crippen LogP contribution in [0.1, 0.15) is 39.5 Å². The molecule has 0 radical (unpaired) electrons. The summed E-state index contributed by atoms with van der Waals surface area (Å²) in [6, 6.07) is -0.178. The van der Waals surface area contributed by atoms with Gasteiger partial charge in [0.25, 0.3) is 0 Å². The second-order valence-corrected chi connectivity index (χ2v) is 5.70. The average Bonchev–Trinajstić information content (AvgIpc) is 2.23. The van der Waals surface area contributed by atoms with E-state index in [1.807, 2.05) is 0 Å². The molecule has 2 amide bonds. The number of nitrogens with zero attached hydrogens (tertiary/aromatic N) is 1. The molecule has 1 saturated carbocycles. The SMILES string of the molecule is CC(C)CCN(C)C(=O)NCC1(C(=O)O)CCC1. The minimum Gasteiger partial charge on any atom is -0.481 e. The summed E-state index contributed by atoms with van der Waals surface area (Å²) in [5, 5.41) is 11.9. The highest BCUT2D eigenvalue weighted by Crippen LogP contribution is 2.40. The normalized spacial score (nSPS) is 17.1. The molecule has 104 valence electrons. The van der Waals surface area contributed by atoms with Gasteiger partial charge in [-0.15, -0.1) is 0 Å². The fourth-order valence-corrected chi connectivity index (χ4v) is 2.00. The van der Waals surface area contributed by atoms with Gasteiger partial charge in [-0.25, -0.2) is 4.79 Å². The Morgan fingerprint density at radius 2 is 2.00 bits per heavy atom. The molecule has 5 heteroatoms. The van der Waals surface area contributed by atoms with Gasteiger partial charge in [-0.05, 0) is 25.2 Å². The van der Waals surface area contributed by atoms with Crippen LogP contribution >= 0.6 is 0 Å². The number of carbonyl (C=O) groups excluding carboxylic acids is 1. The van der Waals surface area contributed by atoms with Gasteiger partial charge in [0.2, 0.25) is 0 Å². The maximum absolute atomic E-state index is 11.8. The molecule has 18 heavy (non-hydrogen) atoms. The molecule has 1 aliphatic carbocycles. The van der Waals surface area contributed by atoms with E-state index >= 15 is 0 Å². The molecule has 0 atom stereocenters. The molecule has 0 aromatic carbocycles. The highest BCUT2D eigenvalue weighted by atomic mass is 16.4. The Morgan fingerprint density at radius 1 is 1.39 bits per heavy atom. The van der Waals surface area contributed by atoms with Crippen LogP contribution in [-0.2, 0) is 4.79 Å². The topological polar surface area (TPSA) is 69.6 Å². The van der Waals surface area contributed by atoms with Crippen molar-refractivity contribution in [2.24, 2.45) is 11.3 Å². The number of nitrogens with one attached hydrogen (secondary N) is 1. The van der Waals surface area contributed by atoms with E-state index in [4.69, 9.17) is 5.11 Å². The predicted octanol–water partition coefficient (Wildman–Crippen LogP) is 1.93. The molecule has 2 N–H and O–H groups in total. The molecule has 1 fully saturated rings. The third-order valence-corrected chi connectivity index (χ3v) is 3.73. The van der Waals surface area contributed by atoms with Gasteiger partial charge in [-0.2, -0.15) is 0 Å². The van der Waals surface area contributed by atoms with E-state index in [9.17, 15) is 9.59 Å². The molecule has 1 rings (SSSR count). The molecular weight excluding hydrogens is 232 g/mol. The summed E-state index contributed by atoms with van der Waals surface area (Å²) in [5.41, 5.74) is -0.714. The lowest BCUT2D eigenvalue weighted by Crippen LogP contribution is -2.50. The van der Waals surface area contributed by atoms with Crippen molar-refractivity contribution < 1.29 is 14.7 Å². The van der Waals surface area contributed by atoms with Crippen LogP contribution in [0.4, 0.5) is 4.79 Å². The Morgan fingerprint density at radius 3 is 2.39 bits per heavy atom. The number of urea groups is 1. The minimum absolute atomic E-state index is 0.178. The molecule has 0 unspecified atom stereocenters. The van der Waals surface area contributed by atoms with Crippen molar-refractivity contribution in [1.82, 2.24) is 10.2 Å². The standard InChI is InChI=1S/C13H24N2O3/c1-10(2)5-8-15(3)12(18)14-9-13(11(16)17)6-4-7-13/h10H,4-9H2,1-3H3,(H,14,18)(H,16,17). The molecule has 0 heterocycles. The van der Waals surface area contributed by atoms with Crippen molar-refractivity contribution in [2.75, 3.05) is 20.1 Å². The largest absolute Gasteiger partial charge is 0.481 e. The zero-order valence-electron chi connectivity index (χ0n) is 11.5. The Hall–Kier alpha value is -1.26. The van der Waals surface area contributed by atoms with E-state index in [2.05, 4.69) is 19.2 Å². The summed E-state index contributed by atoms with van der Waals surface area (Å²) >= 11 is 0. The first kappa shape index (κ1) is 14.8. The molecular formula is C13H24N2O3. The Kier molecular flexibility index (Phi) is 4.99. The Labute approximate surface area is 109 Å². The van der Waals surface area contributed by atoms with Gasteiger partial charge in [0.15, 0.2) is 0 Å². The zero-order chi connectivity index (χ0) is 13.8. The zero-order valence-corrected chi connectivity index (χ0v) is 11.5. The van der Waals surface area contributed by atoms with Gasteiger partial charge in [-0.3, -0.25) is 4.79 Å². The predicted molar refractivity (Wildman–Crippen MR) is 69.4 cm³/mol. The molecule has 5 nitrogen and oxygen atoms in total. The smallest absolute Gasteiger partial charge is 0.317 e. The Balaban J connectivity index is 2.34. The molecule has 0 aromatic heterocycles. The Bertz CT molecular complexity index is 311. The number of aliphatic carboxylic acids is 1. The quantitative estimate of drug-likeness (QED) is 0.763. The van der Waals surface area contributed by atoms with Crippen molar-refractivity contribution in [3.05, 3.63) is 0 Å². The summed E-state index contributed by atoms with van der Waals surface area (Å²) in [7, 11) is 1.74. The van der Waals surface area contributed by atoms with Gasteiger partial charge in [0, 0.05) is 20.1 Å². The maximum Gasteiger partial charge on any atom is 0.317 e. The second kappa shape index (κ2) is 6.07. The van der Waals surface area contributed by atoms with Crippen LogP contribution in [0.5, 0.6) is 0 Å². The summed E-state index contributed by atoms with van der Waals surface area (Å²) in [6.07, 6.45) is 3.22. The summed E-state index contributed by atoms with van der Waals surface area (Å²) in [4.78, 5) is 24.5.